The van der Waals surface area contributed by atoms with Crippen LogP contribution < -0.4 is 14.2 Å². The van der Waals surface area contributed by atoms with Crippen LogP contribution in [0, 0.1) is 13.8 Å². The normalized spacial score (nSPS) is 14.0. The second kappa shape index (κ2) is 15.7. The molecule has 0 aliphatic carbocycles. The number of hydrogen-bond acceptors (Lipinski definition) is 5. The van der Waals surface area contributed by atoms with Crippen LogP contribution in [0.2, 0.25) is 0 Å². The first kappa shape index (κ1) is 32.2. The zero-order valence-corrected chi connectivity index (χ0v) is 28.4. The summed E-state index contributed by atoms with van der Waals surface area (Å²) < 4.78 is 19.3. The van der Waals surface area contributed by atoms with Gasteiger partial charge in [-0.3, -0.25) is 0 Å². The molecule has 46 heavy (non-hydrogen) atoms. The minimum atomic E-state index is -0.0877. The van der Waals surface area contributed by atoms with Gasteiger partial charge in [0, 0.05) is 5.56 Å². The quantitative estimate of drug-likeness (QED) is 0.127. The average molecular weight is 647 g/mol. The van der Waals surface area contributed by atoms with Gasteiger partial charge >= 0.3 is 0 Å². The molecule has 6 rings (SSSR count). The van der Waals surface area contributed by atoms with E-state index in [2.05, 4.69) is 122 Å². The molecule has 5 heteroatoms. The van der Waals surface area contributed by atoms with E-state index in [1.165, 1.54) is 34.2 Å². The minimum absolute atomic E-state index is 0.0877. The van der Waals surface area contributed by atoms with Crippen LogP contribution in [0.5, 0.6) is 17.2 Å². The number of benzene rings is 5. The molecule has 1 saturated heterocycles. The highest BCUT2D eigenvalue weighted by molar-refractivity contribution is 8.18. The van der Waals surface area contributed by atoms with E-state index in [1.807, 2.05) is 36.4 Å². The van der Waals surface area contributed by atoms with E-state index in [-0.39, 0.29) is 4.08 Å². The first-order valence-corrected chi connectivity index (χ1v) is 18.1. The van der Waals surface area contributed by atoms with Crippen molar-refractivity contribution in [3.8, 4) is 17.2 Å². The highest BCUT2D eigenvalue weighted by Gasteiger charge is 2.39. The molecule has 1 aliphatic rings. The number of ether oxygens (including phenoxy) is 3. The topological polar surface area (TPSA) is 27.7 Å². The van der Waals surface area contributed by atoms with Crippen LogP contribution in [-0.4, -0.2) is 11.5 Å². The molecule has 5 aromatic rings. The van der Waals surface area contributed by atoms with Crippen molar-refractivity contribution >= 4 is 23.5 Å². The highest BCUT2D eigenvalue weighted by Crippen LogP contribution is 2.57. The minimum Gasteiger partial charge on any atom is -0.489 e. The molecular formula is C41H42O3S2. The summed E-state index contributed by atoms with van der Waals surface area (Å²) in [4.78, 5) is 0. The van der Waals surface area contributed by atoms with Gasteiger partial charge in [-0.15, -0.1) is 23.5 Å². The van der Waals surface area contributed by atoms with Crippen LogP contribution in [0.4, 0.5) is 0 Å². The fourth-order valence-corrected chi connectivity index (χ4v) is 9.53. The largest absolute Gasteiger partial charge is 0.489 e. The lowest BCUT2D eigenvalue weighted by atomic mass is 9.96. The van der Waals surface area contributed by atoms with Gasteiger partial charge in [0.05, 0.1) is 4.08 Å². The van der Waals surface area contributed by atoms with E-state index < -0.39 is 0 Å². The van der Waals surface area contributed by atoms with Crippen LogP contribution >= 0.6 is 23.5 Å². The van der Waals surface area contributed by atoms with Crippen LogP contribution in [0.1, 0.15) is 51.8 Å². The van der Waals surface area contributed by atoms with Gasteiger partial charge < -0.3 is 14.2 Å². The molecule has 0 atom stereocenters. The van der Waals surface area contributed by atoms with Gasteiger partial charge in [0.25, 0.3) is 0 Å². The van der Waals surface area contributed by atoms with Gasteiger partial charge in [-0.2, -0.15) is 0 Å². The Balaban J connectivity index is 1.25. The van der Waals surface area contributed by atoms with Crippen molar-refractivity contribution in [2.24, 2.45) is 0 Å². The summed E-state index contributed by atoms with van der Waals surface area (Å²) in [5.74, 6) is 4.87. The fourth-order valence-electron chi connectivity index (χ4n) is 5.97. The molecule has 0 unspecified atom stereocenters. The summed E-state index contributed by atoms with van der Waals surface area (Å²) in [6, 6.07) is 42.1. The van der Waals surface area contributed by atoms with Crippen LogP contribution in [0.3, 0.4) is 0 Å². The van der Waals surface area contributed by atoms with Gasteiger partial charge in [-0.25, -0.2) is 0 Å². The predicted molar refractivity (Wildman–Crippen MR) is 194 cm³/mol. The Morgan fingerprint density at radius 1 is 0.543 bits per heavy atom. The number of rotatable bonds is 13. The molecule has 0 aromatic heterocycles. The van der Waals surface area contributed by atoms with E-state index >= 15 is 0 Å². The van der Waals surface area contributed by atoms with Crippen molar-refractivity contribution < 1.29 is 14.2 Å². The SMILES string of the molecule is Cc1cc(C)c(C2(CCc3ccc(OCc4ccccc4)c(OCc4ccccc4)c3)SCCCS2)c(OCc2ccccc2)c1. The molecule has 0 saturated carbocycles. The van der Waals surface area contributed by atoms with Crippen molar-refractivity contribution in [1.82, 2.24) is 0 Å². The molecule has 0 radical (unpaired) electrons. The van der Waals surface area contributed by atoms with Gasteiger partial charge in [-0.05, 0) is 96.2 Å². The van der Waals surface area contributed by atoms with E-state index in [1.54, 1.807) is 0 Å². The zero-order chi connectivity index (χ0) is 31.6. The third kappa shape index (κ3) is 8.31. The molecule has 0 spiro atoms. The Kier molecular flexibility index (Phi) is 10.9. The maximum atomic E-state index is 6.62. The molecule has 5 aromatic carbocycles. The fraction of sp³-hybridized carbons (Fsp3) is 0.268. The number of hydrogen-bond donors (Lipinski definition) is 0. The molecule has 1 heterocycles. The molecular weight excluding hydrogens is 605 g/mol. The van der Waals surface area contributed by atoms with Crippen LogP contribution in [0.25, 0.3) is 0 Å². The molecule has 236 valence electrons. The van der Waals surface area contributed by atoms with Crippen LogP contribution in [-0.2, 0) is 30.3 Å². The third-order valence-electron chi connectivity index (χ3n) is 8.25. The summed E-state index contributed by atoms with van der Waals surface area (Å²) in [6.45, 7) is 5.97. The molecule has 0 amide bonds. The smallest absolute Gasteiger partial charge is 0.161 e. The summed E-state index contributed by atoms with van der Waals surface area (Å²) in [6.07, 6.45) is 3.15. The first-order chi connectivity index (χ1) is 22.6. The molecule has 1 aliphatic heterocycles. The van der Waals surface area contributed by atoms with E-state index in [0.29, 0.717) is 19.8 Å². The Labute approximate surface area is 282 Å². The molecule has 0 N–H and O–H groups in total. The van der Waals surface area contributed by atoms with Crippen molar-refractivity contribution in [3.05, 3.63) is 160 Å². The lowest BCUT2D eigenvalue weighted by molar-refractivity contribution is 0.255. The van der Waals surface area contributed by atoms with Crippen molar-refractivity contribution in [3.63, 3.8) is 0 Å². The summed E-state index contributed by atoms with van der Waals surface area (Å²) in [5, 5.41) is 0. The Hall–Kier alpha value is -3.80. The lowest BCUT2D eigenvalue weighted by Gasteiger charge is -2.39. The standard InChI is InChI=1S/C41H42O3S2/c1-31-25-32(2)40(39(26-31)44-30-36-17-10-5-11-18-36)41(45-23-12-24-46-41)22-21-33-19-20-37(42-28-34-13-6-3-7-14-34)38(27-33)43-29-35-15-8-4-9-16-35/h3-11,13-20,25-27H,12,21-24,28-30H2,1-2H3. The maximum absolute atomic E-state index is 6.62. The van der Waals surface area contributed by atoms with Gasteiger partial charge in [0.15, 0.2) is 11.5 Å². The van der Waals surface area contributed by atoms with Crippen molar-refractivity contribution in [2.45, 2.75) is 57.0 Å². The summed E-state index contributed by atoms with van der Waals surface area (Å²) >= 11 is 4.17. The van der Waals surface area contributed by atoms with Crippen LogP contribution in [0.15, 0.2) is 121 Å². The third-order valence-corrected chi connectivity index (χ3v) is 11.7. The van der Waals surface area contributed by atoms with E-state index in [0.717, 1.165) is 52.7 Å². The molecule has 3 nitrogen and oxygen atoms in total. The summed E-state index contributed by atoms with van der Waals surface area (Å²) in [5.41, 5.74) is 8.58. The van der Waals surface area contributed by atoms with Gasteiger partial charge in [0.2, 0.25) is 0 Å². The van der Waals surface area contributed by atoms with E-state index in [4.69, 9.17) is 14.2 Å². The predicted octanol–water partition coefficient (Wildman–Crippen LogP) is 10.7. The van der Waals surface area contributed by atoms with Gasteiger partial charge in [0.1, 0.15) is 25.6 Å². The lowest BCUT2D eigenvalue weighted by Crippen LogP contribution is -2.26. The zero-order valence-electron chi connectivity index (χ0n) is 26.7. The summed E-state index contributed by atoms with van der Waals surface area (Å²) in [7, 11) is 0. The second-order valence-corrected chi connectivity index (χ2v) is 14.9. The average Bonchev–Trinajstić information content (AvgIpc) is 3.10. The number of aryl methyl sites for hydroxylation is 3. The Morgan fingerprint density at radius 2 is 1.07 bits per heavy atom. The monoisotopic (exact) mass is 646 g/mol. The maximum Gasteiger partial charge on any atom is 0.161 e. The number of thioether (sulfide) groups is 2. The Bertz CT molecular complexity index is 1680. The highest BCUT2D eigenvalue weighted by atomic mass is 32.2. The van der Waals surface area contributed by atoms with Crippen molar-refractivity contribution in [1.29, 1.82) is 0 Å². The first-order valence-electron chi connectivity index (χ1n) is 16.1. The van der Waals surface area contributed by atoms with Crippen molar-refractivity contribution in [2.75, 3.05) is 11.5 Å². The molecule has 1 fully saturated rings. The van der Waals surface area contributed by atoms with E-state index in [9.17, 15) is 0 Å². The van der Waals surface area contributed by atoms with Gasteiger partial charge in [-0.1, -0.05) is 103 Å². The molecule has 0 bridgehead atoms. The Morgan fingerprint density at radius 3 is 1.63 bits per heavy atom. The second-order valence-electron chi connectivity index (χ2n) is 11.9.